The molecular formula is C20H26N8O3. The van der Waals surface area contributed by atoms with Crippen LogP contribution in [-0.2, 0) is 15.9 Å². The fraction of sp³-hybridized carbons (Fsp3) is 0.550. The summed E-state index contributed by atoms with van der Waals surface area (Å²) in [5.41, 5.74) is 8.45. The molecule has 5 heterocycles. The first-order valence-corrected chi connectivity index (χ1v) is 10.5. The van der Waals surface area contributed by atoms with E-state index >= 15 is 0 Å². The molecule has 0 saturated carbocycles. The van der Waals surface area contributed by atoms with Crippen molar-refractivity contribution in [3.05, 3.63) is 18.0 Å². The molecule has 0 spiro atoms. The summed E-state index contributed by atoms with van der Waals surface area (Å²) in [4.78, 5) is 36.4. The lowest BCUT2D eigenvalue weighted by Gasteiger charge is -2.30. The van der Waals surface area contributed by atoms with Gasteiger partial charge >= 0.3 is 6.09 Å². The number of hydrogen-bond acceptors (Lipinski definition) is 10. The number of nitrogens with zero attached hydrogens (tertiary/aromatic N) is 7. The molecule has 0 aromatic carbocycles. The molecule has 1 amide bonds. The number of morpholine rings is 1. The summed E-state index contributed by atoms with van der Waals surface area (Å²) < 4.78 is 10.4. The van der Waals surface area contributed by atoms with E-state index in [1.807, 2.05) is 0 Å². The van der Waals surface area contributed by atoms with Gasteiger partial charge in [-0.2, -0.15) is 4.98 Å². The SMILES string of the molecule is COC(=O)N1CC[C@H](N2CCc3c(-c4cnc(N)nc4)nc(N4CCOCC4)nc32)C1. The number of nitrogen functional groups attached to an aromatic ring is 1. The van der Waals surface area contributed by atoms with Crippen LogP contribution in [0.25, 0.3) is 11.3 Å². The van der Waals surface area contributed by atoms with Crippen molar-refractivity contribution in [1.82, 2.24) is 24.8 Å². The van der Waals surface area contributed by atoms with Crippen molar-refractivity contribution in [2.24, 2.45) is 0 Å². The van der Waals surface area contributed by atoms with Crippen LogP contribution in [0.4, 0.5) is 22.5 Å². The number of carbonyl (C=O) groups excluding carboxylic acids is 1. The Morgan fingerprint density at radius 1 is 1.16 bits per heavy atom. The van der Waals surface area contributed by atoms with Crippen molar-refractivity contribution in [2.45, 2.75) is 18.9 Å². The van der Waals surface area contributed by atoms with Gasteiger partial charge in [0, 0.05) is 62.3 Å². The summed E-state index contributed by atoms with van der Waals surface area (Å²) in [5.74, 6) is 1.85. The standard InChI is InChI=1S/C20H26N8O3/c1-30-20(29)27-4-2-14(12-27)28-5-3-15-16(13-10-22-18(21)23-11-13)24-19(25-17(15)28)26-6-8-31-9-7-26/h10-11,14H,2-9,12H2,1H3,(H2,21,22,23)/t14-/m0/s1. The lowest BCUT2D eigenvalue weighted by atomic mass is 10.1. The number of ether oxygens (including phenoxy) is 2. The van der Waals surface area contributed by atoms with Crippen LogP contribution in [0.15, 0.2) is 12.4 Å². The number of methoxy groups -OCH3 is 1. The summed E-state index contributed by atoms with van der Waals surface area (Å²) >= 11 is 0. The lowest BCUT2D eigenvalue weighted by Crippen LogP contribution is -2.39. The van der Waals surface area contributed by atoms with Gasteiger partial charge in [-0.1, -0.05) is 0 Å². The van der Waals surface area contributed by atoms with Gasteiger partial charge in [-0.3, -0.25) is 0 Å². The van der Waals surface area contributed by atoms with Crippen LogP contribution in [0.3, 0.4) is 0 Å². The maximum atomic E-state index is 12.0. The highest BCUT2D eigenvalue weighted by atomic mass is 16.5. The number of aromatic nitrogens is 4. The van der Waals surface area contributed by atoms with Crippen LogP contribution < -0.4 is 15.5 Å². The molecule has 2 saturated heterocycles. The molecule has 2 fully saturated rings. The Labute approximate surface area is 180 Å². The van der Waals surface area contributed by atoms with E-state index in [0.29, 0.717) is 32.3 Å². The molecule has 2 N–H and O–H groups in total. The third-order valence-electron chi connectivity index (χ3n) is 6.12. The minimum atomic E-state index is -0.279. The Bertz CT molecular complexity index is 964. The molecule has 5 rings (SSSR count). The summed E-state index contributed by atoms with van der Waals surface area (Å²) in [7, 11) is 1.42. The molecule has 2 aromatic heterocycles. The van der Waals surface area contributed by atoms with Crippen LogP contribution in [0.2, 0.25) is 0 Å². The van der Waals surface area contributed by atoms with E-state index in [9.17, 15) is 4.79 Å². The van der Waals surface area contributed by atoms with Crippen molar-refractivity contribution >= 4 is 23.8 Å². The Morgan fingerprint density at radius 2 is 1.94 bits per heavy atom. The zero-order valence-electron chi connectivity index (χ0n) is 17.5. The number of fused-ring (bicyclic) bond motifs is 1. The Hall–Kier alpha value is -3.21. The molecule has 11 nitrogen and oxygen atoms in total. The number of hydrogen-bond donors (Lipinski definition) is 1. The molecule has 31 heavy (non-hydrogen) atoms. The summed E-state index contributed by atoms with van der Waals surface area (Å²) in [5, 5.41) is 0. The summed E-state index contributed by atoms with van der Waals surface area (Å²) in [6.07, 6.45) is 4.86. The number of anilines is 3. The van der Waals surface area contributed by atoms with Crippen LogP contribution in [-0.4, -0.2) is 90.0 Å². The van der Waals surface area contributed by atoms with E-state index in [0.717, 1.165) is 55.1 Å². The highest BCUT2D eigenvalue weighted by Crippen LogP contribution is 2.37. The minimum Gasteiger partial charge on any atom is -0.453 e. The predicted octanol–water partition coefficient (Wildman–Crippen LogP) is 0.556. The van der Waals surface area contributed by atoms with Crippen molar-refractivity contribution in [2.75, 3.05) is 68.6 Å². The Kier molecular flexibility index (Phi) is 5.18. The van der Waals surface area contributed by atoms with Crippen molar-refractivity contribution < 1.29 is 14.3 Å². The molecule has 2 aromatic rings. The largest absolute Gasteiger partial charge is 0.453 e. The average Bonchev–Trinajstić information content (AvgIpc) is 3.46. The molecular weight excluding hydrogens is 400 g/mol. The highest BCUT2D eigenvalue weighted by Gasteiger charge is 2.37. The van der Waals surface area contributed by atoms with E-state index in [-0.39, 0.29) is 18.1 Å². The number of carbonyl (C=O) groups is 1. The van der Waals surface area contributed by atoms with Gasteiger partial charge in [0.25, 0.3) is 0 Å². The zero-order valence-corrected chi connectivity index (χ0v) is 17.5. The maximum absolute atomic E-state index is 12.0. The summed E-state index contributed by atoms with van der Waals surface area (Å²) in [6, 6.07) is 0.198. The molecule has 3 aliphatic heterocycles. The highest BCUT2D eigenvalue weighted by molar-refractivity contribution is 5.73. The lowest BCUT2D eigenvalue weighted by molar-refractivity contribution is 0.122. The molecule has 3 aliphatic rings. The van der Waals surface area contributed by atoms with Gasteiger partial charge in [-0.15, -0.1) is 0 Å². The second-order valence-electron chi connectivity index (χ2n) is 7.91. The number of likely N-dealkylation sites (tertiary alicyclic amines) is 1. The van der Waals surface area contributed by atoms with Gasteiger partial charge < -0.3 is 29.9 Å². The zero-order chi connectivity index (χ0) is 21.4. The fourth-order valence-electron chi connectivity index (χ4n) is 4.52. The van der Waals surface area contributed by atoms with Crippen LogP contribution in [0.1, 0.15) is 12.0 Å². The van der Waals surface area contributed by atoms with E-state index in [1.54, 1.807) is 17.3 Å². The average molecular weight is 426 g/mol. The van der Waals surface area contributed by atoms with Gasteiger partial charge in [-0.05, 0) is 12.8 Å². The van der Waals surface area contributed by atoms with E-state index in [1.165, 1.54) is 7.11 Å². The number of rotatable bonds is 3. The fourth-order valence-corrected chi connectivity index (χ4v) is 4.52. The first-order chi connectivity index (χ1) is 15.1. The molecule has 0 radical (unpaired) electrons. The van der Waals surface area contributed by atoms with Crippen LogP contribution in [0, 0.1) is 0 Å². The maximum Gasteiger partial charge on any atom is 0.409 e. The third-order valence-corrected chi connectivity index (χ3v) is 6.12. The Morgan fingerprint density at radius 3 is 2.68 bits per heavy atom. The van der Waals surface area contributed by atoms with E-state index in [2.05, 4.69) is 19.8 Å². The van der Waals surface area contributed by atoms with Crippen molar-refractivity contribution in [3.63, 3.8) is 0 Å². The monoisotopic (exact) mass is 426 g/mol. The van der Waals surface area contributed by atoms with E-state index < -0.39 is 0 Å². The van der Waals surface area contributed by atoms with Crippen LogP contribution in [0.5, 0.6) is 0 Å². The van der Waals surface area contributed by atoms with Gasteiger partial charge in [0.15, 0.2) is 0 Å². The number of amides is 1. The molecule has 0 bridgehead atoms. The van der Waals surface area contributed by atoms with Gasteiger partial charge in [0.05, 0.1) is 26.0 Å². The quantitative estimate of drug-likeness (QED) is 0.744. The topological polar surface area (TPSA) is 123 Å². The van der Waals surface area contributed by atoms with Gasteiger partial charge in [0.2, 0.25) is 11.9 Å². The Balaban J connectivity index is 1.52. The molecule has 0 aliphatic carbocycles. The molecule has 1 atom stereocenters. The smallest absolute Gasteiger partial charge is 0.409 e. The molecule has 11 heteroatoms. The minimum absolute atomic E-state index is 0.198. The normalized spacial score (nSPS) is 20.8. The van der Waals surface area contributed by atoms with Crippen LogP contribution >= 0.6 is 0 Å². The van der Waals surface area contributed by atoms with Gasteiger partial charge in [-0.25, -0.2) is 19.7 Å². The first-order valence-electron chi connectivity index (χ1n) is 10.5. The molecule has 0 unspecified atom stereocenters. The second kappa shape index (κ2) is 8.14. The predicted molar refractivity (Wildman–Crippen MR) is 114 cm³/mol. The van der Waals surface area contributed by atoms with Crippen molar-refractivity contribution in [3.8, 4) is 11.3 Å². The van der Waals surface area contributed by atoms with E-state index in [4.69, 9.17) is 25.2 Å². The first kappa shape index (κ1) is 19.7. The third kappa shape index (κ3) is 3.69. The second-order valence-corrected chi connectivity index (χ2v) is 7.91. The number of nitrogens with two attached hydrogens (primary N) is 1. The van der Waals surface area contributed by atoms with Gasteiger partial charge in [0.1, 0.15) is 5.82 Å². The van der Waals surface area contributed by atoms with Crippen molar-refractivity contribution in [1.29, 1.82) is 0 Å². The molecule has 164 valence electrons. The summed E-state index contributed by atoms with van der Waals surface area (Å²) in [6.45, 7) is 4.94.